The summed E-state index contributed by atoms with van der Waals surface area (Å²) in [5.41, 5.74) is 2.00. The zero-order valence-corrected chi connectivity index (χ0v) is 13.9. The zero-order valence-electron chi connectivity index (χ0n) is 13.9. The van der Waals surface area contributed by atoms with Gasteiger partial charge in [-0.15, -0.1) is 0 Å². The summed E-state index contributed by atoms with van der Waals surface area (Å²) < 4.78 is 11.0. The van der Waals surface area contributed by atoms with Crippen molar-refractivity contribution in [2.45, 2.75) is 13.5 Å². The number of aliphatic hydroxyl groups excluding tert-OH is 1. The number of hydrogen-bond acceptors (Lipinski definition) is 4. The molecule has 128 valence electrons. The number of carbonyl (C=O) groups is 1. The first kappa shape index (κ1) is 16.8. The topological polar surface area (TPSA) is 71.7 Å². The Balaban J connectivity index is 1.77. The van der Waals surface area contributed by atoms with E-state index in [1.165, 1.54) is 0 Å². The van der Waals surface area contributed by atoms with E-state index in [0.717, 1.165) is 5.56 Å². The minimum absolute atomic E-state index is 0.146. The molecule has 0 atom stereocenters. The summed E-state index contributed by atoms with van der Waals surface area (Å²) in [6.45, 7) is 2.30. The Labute approximate surface area is 145 Å². The van der Waals surface area contributed by atoms with Gasteiger partial charge in [0.15, 0.2) is 0 Å². The third kappa shape index (κ3) is 4.08. The van der Waals surface area contributed by atoms with Crippen LogP contribution in [0.2, 0.25) is 0 Å². The van der Waals surface area contributed by atoms with Crippen LogP contribution in [0.4, 0.5) is 5.69 Å². The first-order valence-electron chi connectivity index (χ1n) is 8.04. The second-order valence-corrected chi connectivity index (χ2v) is 5.42. The van der Waals surface area contributed by atoms with Gasteiger partial charge in [0.1, 0.15) is 23.9 Å². The van der Waals surface area contributed by atoms with Crippen molar-refractivity contribution in [3.05, 3.63) is 72.0 Å². The number of anilines is 1. The number of nitrogens with one attached hydrogen (secondary N) is 1. The van der Waals surface area contributed by atoms with E-state index in [-0.39, 0.29) is 12.5 Å². The van der Waals surface area contributed by atoms with E-state index in [1.54, 1.807) is 30.3 Å². The summed E-state index contributed by atoms with van der Waals surface area (Å²) in [5, 5.41) is 12.0. The van der Waals surface area contributed by atoms with Crippen LogP contribution in [0.3, 0.4) is 0 Å². The molecule has 0 saturated heterocycles. The molecule has 2 aromatic carbocycles. The monoisotopic (exact) mass is 337 g/mol. The van der Waals surface area contributed by atoms with Gasteiger partial charge in [-0.2, -0.15) is 0 Å². The zero-order chi connectivity index (χ0) is 17.6. The molecule has 0 radical (unpaired) electrons. The number of amides is 1. The van der Waals surface area contributed by atoms with Crippen LogP contribution in [0.5, 0.6) is 5.75 Å². The molecule has 0 fully saturated rings. The highest BCUT2D eigenvalue weighted by Crippen LogP contribution is 2.25. The second-order valence-electron chi connectivity index (χ2n) is 5.42. The minimum Gasteiger partial charge on any atom is -0.494 e. The van der Waals surface area contributed by atoms with Gasteiger partial charge >= 0.3 is 0 Å². The van der Waals surface area contributed by atoms with E-state index in [2.05, 4.69) is 5.32 Å². The van der Waals surface area contributed by atoms with E-state index >= 15 is 0 Å². The predicted octanol–water partition coefficient (Wildman–Crippen LogP) is 4.09. The molecule has 0 spiro atoms. The van der Waals surface area contributed by atoms with Crippen molar-refractivity contribution in [2.24, 2.45) is 0 Å². The Morgan fingerprint density at radius 1 is 1.12 bits per heavy atom. The van der Waals surface area contributed by atoms with E-state index in [9.17, 15) is 4.79 Å². The van der Waals surface area contributed by atoms with Crippen molar-refractivity contribution in [1.82, 2.24) is 0 Å². The number of ether oxygens (including phenoxy) is 1. The van der Waals surface area contributed by atoms with Crippen molar-refractivity contribution in [3.8, 4) is 17.1 Å². The summed E-state index contributed by atoms with van der Waals surface area (Å²) in [6, 6.07) is 17.9. The maximum Gasteiger partial charge on any atom is 0.255 e. The van der Waals surface area contributed by atoms with Crippen LogP contribution in [0.1, 0.15) is 23.0 Å². The third-order valence-electron chi connectivity index (χ3n) is 3.63. The van der Waals surface area contributed by atoms with E-state index in [0.29, 0.717) is 35.1 Å². The summed E-state index contributed by atoms with van der Waals surface area (Å²) in [7, 11) is 0. The van der Waals surface area contributed by atoms with Crippen molar-refractivity contribution in [2.75, 3.05) is 11.9 Å². The summed E-state index contributed by atoms with van der Waals surface area (Å²) in [4.78, 5) is 12.4. The normalized spacial score (nSPS) is 10.5. The van der Waals surface area contributed by atoms with Crippen LogP contribution >= 0.6 is 0 Å². The molecule has 0 aliphatic rings. The lowest BCUT2D eigenvalue weighted by Crippen LogP contribution is -2.12. The lowest BCUT2D eigenvalue weighted by atomic mass is 10.1. The summed E-state index contributed by atoms with van der Waals surface area (Å²) >= 11 is 0. The SMILES string of the molecule is CCOc1cccc(C(=O)Nc2cccc(-c3ccc(CO)o3)c2)c1. The van der Waals surface area contributed by atoms with Crippen molar-refractivity contribution >= 4 is 11.6 Å². The van der Waals surface area contributed by atoms with Gasteiger partial charge < -0.3 is 19.6 Å². The molecule has 0 aliphatic heterocycles. The van der Waals surface area contributed by atoms with Gasteiger partial charge in [-0.3, -0.25) is 4.79 Å². The van der Waals surface area contributed by atoms with Crippen molar-refractivity contribution in [1.29, 1.82) is 0 Å². The number of rotatable bonds is 6. The Bertz CT molecular complexity index is 869. The second kappa shape index (κ2) is 7.68. The smallest absolute Gasteiger partial charge is 0.255 e. The standard InChI is InChI=1S/C20H19NO4/c1-2-24-17-8-4-6-15(12-17)20(23)21-16-7-3-5-14(11-16)19-10-9-18(13-22)25-19/h3-12,22H,2,13H2,1H3,(H,21,23). The van der Waals surface area contributed by atoms with Crippen LogP contribution < -0.4 is 10.1 Å². The average Bonchev–Trinajstić information content (AvgIpc) is 3.12. The molecule has 0 bridgehead atoms. The van der Waals surface area contributed by atoms with Gasteiger partial charge in [-0.1, -0.05) is 18.2 Å². The number of benzene rings is 2. The highest BCUT2D eigenvalue weighted by Gasteiger charge is 2.09. The summed E-state index contributed by atoms with van der Waals surface area (Å²) in [5.74, 6) is 1.58. The lowest BCUT2D eigenvalue weighted by Gasteiger charge is -2.08. The highest BCUT2D eigenvalue weighted by atomic mass is 16.5. The number of furan rings is 1. The molecule has 25 heavy (non-hydrogen) atoms. The molecule has 2 N–H and O–H groups in total. The minimum atomic E-state index is -0.214. The van der Waals surface area contributed by atoms with Gasteiger partial charge in [-0.05, 0) is 49.4 Å². The van der Waals surface area contributed by atoms with Gasteiger partial charge in [-0.25, -0.2) is 0 Å². The molecule has 0 saturated carbocycles. The maximum atomic E-state index is 12.4. The predicted molar refractivity (Wildman–Crippen MR) is 95.6 cm³/mol. The van der Waals surface area contributed by atoms with E-state index in [4.69, 9.17) is 14.3 Å². The first-order valence-corrected chi connectivity index (χ1v) is 8.04. The van der Waals surface area contributed by atoms with Gasteiger partial charge in [0.2, 0.25) is 0 Å². The van der Waals surface area contributed by atoms with Crippen LogP contribution in [0, 0.1) is 0 Å². The van der Waals surface area contributed by atoms with Crippen LogP contribution in [0.15, 0.2) is 65.1 Å². The van der Waals surface area contributed by atoms with E-state index < -0.39 is 0 Å². The molecule has 1 aromatic heterocycles. The van der Waals surface area contributed by atoms with Crippen LogP contribution in [-0.4, -0.2) is 17.6 Å². The molecule has 3 rings (SSSR count). The van der Waals surface area contributed by atoms with Crippen LogP contribution in [0.25, 0.3) is 11.3 Å². The fourth-order valence-electron chi connectivity index (χ4n) is 2.47. The van der Waals surface area contributed by atoms with Crippen LogP contribution in [-0.2, 0) is 6.61 Å². The first-order chi connectivity index (χ1) is 12.2. The highest BCUT2D eigenvalue weighted by molar-refractivity contribution is 6.04. The fourth-order valence-corrected chi connectivity index (χ4v) is 2.47. The van der Waals surface area contributed by atoms with E-state index in [1.807, 2.05) is 37.3 Å². The molecule has 5 heteroatoms. The Morgan fingerprint density at radius 2 is 1.96 bits per heavy atom. The molecule has 5 nitrogen and oxygen atoms in total. The lowest BCUT2D eigenvalue weighted by molar-refractivity contribution is 0.102. The third-order valence-corrected chi connectivity index (χ3v) is 3.63. The molecule has 0 unspecified atom stereocenters. The fraction of sp³-hybridized carbons (Fsp3) is 0.150. The molecule has 1 heterocycles. The molecule has 0 aliphatic carbocycles. The van der Waals surface area contributed by atoms with Gasteiger partial charge in [0, 0.05) is 16.8 Å². The number of hydrogen-bond donors (Lipinski definition) is 2. The van der Waals surface area contributed by atoms with Gasteiger partial charge in [0.05, 0.1) is 6.61 Å². The number of carbonyl (C=O) groups excluding carboxylic acids is 1. The quantitative estimate of drug-likeness (QED) is 0.711. The van der Waals surface area contributed by atoms with Crippen molar-refractivity contribution < 1.29 is 19.1 Å². The van der Waals surface area contributed by atoms with Crippen molar-refractivity contribution in [3.63, 3.8) is 0 Å². The molecular weight excluding hydrogens is 318 g/mol. The maximum absolute atomic E-state index is 12.4. The molecular formula is C20H19NO4. The molecule has 1 amide bonds. The summed E-state index contributed by atoms with van der Waals surface area (Å²) in [6.07, 6.45) is 0. The molecule has 3 aromatic rings. The van der Waals surface area contributed by atoms with Gasteiger partial charge in [0.25, 0.3) is 5.91 Å². The average molecular weight is 337 g/mol. The Morgan fingerprint density at radius 3 is 2.72 bits per heavy atom. The largest absolute Gasteiger partial charge is 0.494 e. The Kier molecular flexibility index (Phi) is 5.16. The Hall–Kier alpha value is -3.05. The number of aliphatic hydroxyl groups is 1.